The largest absolute Gasteiger partial charge is 0.396 e. The fourth-order valence-electron chi connectivity index (χ4n) is 3.14. The van der Waals surface area contributed by atoms with Crippen LogP contribution in [0.25, 0.3) is 0 Å². The van der Waals surface area contributed by atoms with Crippen molar-refractivity contribution in [2.24, 2.45) is 5.41 Å². The van der Waals surface area contributed by atoms with Gasteiger partial charge in [-0.3, -0.25) is 0 Å². The summed E-state index contributed by atoms with van der Waals surface area (Å²) >= 11 is 0. The lowest BCUT2D eigenvalue weighted by Crippen LogP contribution is -2.45. The SMILES string of the molecule is Cc1ccccc1C(C)(C)CNCC1(CO)CCC1. The van der Waals surface area contributed by atoms with E-state index in [0.29, 0.717) is 6.61 Å². The minimum absolute atomic E-state index is 0.131. The number of hydrogen-bond donors (Lipinski definition) is 2. The molecule has 1 aliphatic carbocycles. The van der Waals surface area contributed by atoms with E-state index < -0.39 is 0 Å². The highest BCUT2D eigenvalue weighted by molar-refractivity contribution is 5.32. The lowest BCUT2D eigenvalue weighted by Gasteiger charge is -2.41. The molecule has 0 saturated heterocycles. The Morgan fingerprint density at radius 3 is 2.47 bits per heavy atom. The van der Waals surface area contributed by atoms with E-state index in [9.17, 15) is 5.11 Å². The lowest BCUT2D eigenvalue weighted by molar-refractivity contribution is 0.0438. The highest BCUT2D eigenvalue weighted by Crippen LogP contribution is 2.39. The molecule has 0 aromatic heterocycles. The molecule has 1 aromatic rings. The zero-order chi connectivity index (χ0) is 13.9. The van der Waals surface area contributed by atoms with E-state index in [1.165, 1.54) is 30.4 Å². The van der Waals surface area contributed by atoms with Gasteiger partial charge >= 0.3 is 0 Å². The zero-order valence-electron chi connectivity index (χ0n) is 12.5. The zero-order valence-corrected chi connectivity index (χ0v) is 12.5. The molecule has 0 spiro atoms. The molecule has 106 valence electrons. The van der Waals surface area contributed by atoms with Crippen LogP contribution in [-0.2, 0) is 5.41 Å². The van der Waals surface area contributed by atoms with Crippen LogP contribution in [0.3, 0.4) is 0 Å². The Hall–Kier alpha value is -0.860. The number of aliphatic hydroxyl groups is 1. The van der Waals surface area contributed by atoms with Crippen LogP contribution in [0.1, 0.15) is 44.2 Å². The summed E-state index contributed by atoms with van der Waals surface area (Å²) in [5, 5.41) is 13.1. The summed E-state index contributed by atoms with van der Waals surface area (Å²) < 4.78 is 0. The molecule has 0 atom stereocenters. The van der Waals surface area contributed by atoms with Crippen molar-refractivity contribution in [3.63, 3.8) is 0 Å². The number of hydrogen-bond acceptors (Lipinski definition) is 2. The van der Waals surface area contributed by atoms with Crippen LogP contribution in [0.5, 0.6) is 0 Å². The molecule has 1 fully saturated rings. The molecule has 0 aliphatic heterocycles. The highest BCUT2D eigenvalue weighted by Gasteiger charge is 2.36. The number of benzene rings is 1. The number of nitrogens with one attached hydrogen (secondary N) is 1. The molecule has 0 unspecified atom stereocenters. The average molecular weight is 261 g/mol. The first-order valence-electron chi connectivity index (χ1n) is 7.37. The normalized spacial score (nSPS) is 18.1. The molecule has 19 heavy (non-hydrogen) atoms. The molecule has 2 heteroatoms. The molecule has 2 N–H and O–H groups in total. The van der Waals surface area contributed by atoms with Crippen LogP contribution in [0.2, 0.25) is 0 Å². The van der Waals surface area contributed by atoms with Gasteiger partial charge in [-0.1, -0.05) is 44.5 Å². The second-order valence-electron chi connectivity index (χ2n) is 6.81. The third kappa shape index (κ3) is 3.18. The standard InChI is InChI=1S/C17H27NO/c1-14-7-4-5-8-15(14)16(2,3)11-18-12-17(13-19)9-6-10-17/h4-5,7-8,18-19H,6,9-13H2,1-3H3. The molecular weight excluding hydrogens is 234 g/mol. The Morgan fingerprint density at radius 1 is 1.26 bits per heavy atom. The topological polar surface area (TPSA) is 32.3 Å². The Morgan fingerprint density at radius 2 is 1.95 bits per heavy atom. The Labute approximate surface area is 117 Å². The van der Waals surface area contributed by atoms with Crippen LogP contribution in [0, 0.1) is 12.3 Å². The first kappa shape index (κ1) is 14.5. The molecule has 0 amide bonds. The fourth-order valence-corrected chi connectivity index (χ4v) is 3.14. The van der Waals surface area contributed by atoms with E-state index in [0.717, 1.165) is 13.1 Å². The minimum atomic E-state index is 0.131. The maximum absolute atomic E-state index is 9.49. The van der Waals surface area contributed by atoms with Crippen molar-refractivity contribution < 1.29 is 5.11 Å². The van der Waals surface area contributed by atoms with Crippen LogP contribution in [0.4, 0.5) is 0 Å². The maximum Gasteiger partial charge on any atom is 0.0499 e. The van der Waals surface area contributed by atoms with Gasteiger partial charge in [-0.2, -0.15) is 0 Å². The molecule has 1 saturated carbocycles. The van der Waals surface area contributed by atoms with Crippen molar-refractivity contribution in [1.29, 1.82) is 0 Å². The fraction of sp³-hybridized carbons (Fsp3) is 0.647. The van der Waals surface area contributed by atoms with Gasteiger partial charge in [0.25, 0.3) is 0 Å². The van der Waals surface area contributed by atoms with Crippen molar-refractivity contribution in [1.82, 2.24) is 5.32 Å². The van der Waals surface area contributed by atoms with E-state index in [1.54, 1.807) is 0 Å². The van der Waals surface area contributed by atoms with E-state index in [1.807, 2.05) is 0 Å². The summed E-state index contributed by atoms with van der Waals surface area (Å²) in [5.74, 6) is 0. The summed E-state index contributed by atoms with van der Waals surface area (Å²) in [4.78, 5) is 0. The van der Waals surface area contributed by atoms with Gasteiger partial charge in [0.2, 0.25) is 0 Å². The average Bonchev–Trinajstić information content (AvgIpc) is 2.33. The van der Waals surface area contributed by atoms with Gasteiger partial charge in [-0.25, -0.2) is 0 Å². The molecule has 1 aromatic carbocycles. The van der Waals surface area contributed by atoms with Gasteiger partial charge in [0.1, 0.15) is 0 Å². The predicted molar refractivity (Wildman–Crippen MR) is 80.4 cm³/mol. The van der Waals surface area contributed by atoms with Crippen molar-refractivity contribution in [3.05, 3.63) is 35.4 Å². The monoisotopic (exact) mass is 261 g/mol. The quantitative estimate of drug-likeness (QED) is 0.825. The van der Waals surface area contributed by atoms with E-state index >= 15 is 0 Å². The Balaban J connectivity index is 1.93. The van der Waals surface area contributed by atoms with Gasteiger partial charge in [0.15, 0.2) is 0 Å². The van der Waals surface area contributed by atoms with Gasteiger partial charge < -0.3 is 10.4 Å². The van der Waals surface area contributed by atoms with Crippen LogP contribution < -0.4 is 5.32 Å². The number of rotatable bonds is 6. The van der Waals surface area contributed by atoms with Crippen LogP contribution >= 0.6 is 0 Å². The lowest BCUT2D eigenvalue weighted by atomic mass is 9.69. The Bertz CT molecular complexity index is 416. The predicted octanol–water partition coefficient (Wildman–Crippen LogP) is 3.02. The summed E-state index contributed by atoms with van der Waals surface area (Å²) in [7, 11) is 0. The second-order valence-corrected chi connectivity index (χ2v) is 6.81. The summed E-state index contributed by atoms with van der Waals surface area (Å²) in [6.45, 7) is 8.98. The molecule has 1 aliphatic rings. The van der Waals surface area contributed by atoms with Gasteiger partial charge in [-0.05, 0) is 30.9 Å². The van der Waals surface area contributed by atoms with Crippen molar-refractivity contribution in [2.75, 3.05) is 19.7 Å². The van der Waals surface area contributed by atoms with Gasteiger partial charge in [0, 0.05) is 30.5 Å². The third-order valence-electron chi connectivity index (χ3n) is 4.69. The molecule has 0 heterocycles. The van der Waals surface area contributed by atoms with E-state index in [-0.39, 0.29) is 10.8 Å². The smallest absolute Gasteiger partial charge is 0.0499 e. The molecular formula is C17H27NO. The first-order valence-corrected chi connectivity index (χ1v) is 7.37. The molecule has 0 radical (unpaired) electrons. The van der Waals surface area contributed by atoms with Crippen molar-refractivity contribution in [2.45, 2.75) is 45.4 Å². The maximum atomic E-state index is 9.49. The number of aryl methyl sites for hydroxylation is 1. The van der Waals surface area contributed by atoms with Gasteiger partial charge in [-0.15, -0.1) is 0 Å². The van der Waals surface area contributed by atoms with E-state index in [2.05, 4.69) is 50.4 Å². The summed E-state index contributed by atoms with van der Waals surface area (Å²) in [6, 6.07) is 8.61. The summed E-state index contributed by atoms with van der Waals surface area (Å²) in [5.41, 5.74) is 3.07. The van der Waals surface area contributed by atoms with Crippen molar-refractivity contribution >= 4 is 0 Å². The first-order chi connectivity index (χ1) is 8.99. The van der Waals surface area contributed by atoms with Crippen LogP contribution in [0.15, 0.2) is 24.3 Å². The molecule has 2 nitrogen and oxygen atoms in total. The number of aliphatic hydroxyl groups excluding tert-OH is 1. The highest BCUT2D eigenvalue weighted by atomic mass is 16.3. The van der Waals surface area contributed by atoms with E-state index in [4.69, 9.17) is 0 Å². The minimum Gasteiger partial charge on any atom is -0.396 e. The molecule has 2 rings (SSSR count). The third-order valence-corrected chi connectivity index (χ3v) is 4.69. The van der Waals surface area contributed by atoms with Gasteiger partial charge in [0.05, 0.1) is 0 Å². The van der Waals surface area contributed by atoms with Crippen LogP contribution in [-0.4, -0.2) is 24.8 Å². The van der Waals surface area contributed by atoms with Crippen molar-refractivity contribution in [3.8, 4) is 0 Å². The Kier molecular flexibility index (Phi) is 4.32. The summed E-state index contributed by atoms with van der Waals surface area (Å²) in [6.07, 6.45) is 3.60. The molecule has 0 bridgehead atoms. The second kappa shape index (κ2) is 5.64.